The number of aromatic amines is 1. The fourth-order valence-corrected chi connectivity index (χ4v) is 3.46. The summed E-state index contributed by atoms with van der Waals surface area (Å²) in [5.41, 5.74) is 0. The first-order valence-corrected chi connectivity index (χ1v) is 8.45. The van der Waals surface area contributed by atoms with Crippen LogP contribution in [0, 0.1) is 0 Å². The molecule has 0 saturated heterocycles. The predicted octanol–water partition coefficient (Wildman–Crippen LogP) is 3.64. The van der Waals surface area contributed by atoms with Gasteiger partial charge in [0.05, 0.1) is 5.25 Å². The number of hydrogen-bond donors (Lipinski definition) is 1. The topological polar surface area (TPSA) is 67.9 Å². The van der Waals surface area contributed by atoms with Crippen LogP contribution in [0.4, 0.5) is 0 Å². The lowest BCUT2D eigenvalue weighted by atomic mass is 9.99. The van der Waals surface area contributed by atoms with Crippen LogP contribution < -0.4 is 4.74 Å². The molecule has 1 aromatic heterocycles. The number of Topliss-reactive ketones (excluding diaryl/α,β-unsaturated/α-hetero) is 1. The Bertz CT molecular complexity index is 644. The maximum absolute atomic E-state index is 11.8. The van der Waals surface area contributed by atoms with Crippen molar-refractivity contribution in [2.24, 2.45) is 0 Å². The summed E-state index contributed by atoms with van der Waals surface area (Å²) in [7, 11) is 0. The third-order valence-electron chi connectivity index (χ3n) is 3.45. The Hall–Kier alpha value is -1.53. The largest absolute Gasteiger partial charge is 0.486 e. The number of rotatable bonds is 5. The average molecular weight is 338 g/mol. The van der Waals surface area contributed by atoms with Crippen LogP contribution in [-0.2, 0) is 11.4 Å². The quantitative estimate of drug-likeness (QED) is 0.902. The van der Waals surface area contributed by atoms with Gasteiger partial charge in [-0.1, -0.05) is 29.8 Å². The second-order valence-electron chi connectivity index (χ2n) is 5.13. The molecule has 1 aliphatic carbocycles. The van der Waals surface area contributed by atoms with Gasteiger partial charge in [0, 0.05) is 11.4 Å². The molecule has 1 heterocycles. The van der Waals surface area contributed by atoms with E-state index >= 15 is 0 Å². The van der Waals surface area contributed by atoms with Crippen LogP contribution >= 0.6 is 23.4 Å². The number of H-pyrrole nitrogens is 1. The smallest absolute Gasteiger partial charge is 0.209 e. The number of nitrogens with zero attached hydrogens (tertiary/aromatic N) is 2. The van der Waals surface area contributed by atoms with Crippen molar-refractivity contribution in [1.29, 1.82) is 0 Å². The summed E-state index contributed by atoms with van der Waals surface area (Å²) < 4.78 is 5.60. The Kier molecular flexibility index (Phi) is 5.00. The highest BCUT2D eigenvalue weighted by Gasteiger charge is 2.24. The van der Waals surface area contributed by atoms with E-state index in [1.165, 1.54) is 11.8 Å². The average Bonchev–Trinajstić information content (AvgIpc) is 2.97. The third kappa shape index (κ3) is 4.01. The number of aromatic nitrogens is 3. The Morgan fingerprint density at radius 1 is 1.32 bits per heavy atom. The van der Waals surface area contributed by atoms with Gasteiger partial charge in [0.25, 0.3) is 0 Å². The molecule has 7 heteroatoms. The van der Waals surface area contributed by atoms with E-state index < -0.39 is 0 Å². The molecular formula is C15H16ClN3O2S. The number of thioether (sulfide) groups is 1. The van der Waals surface area contributed by atoms with Crippen LogP contribution in [0.3, 0.4) is 0 Å². The van der Waals surface area contributed by atoms with E-state index in [1.807, 2.05) is 0 Å². The van der Waals surface area contributed by atoms with Crippen molar-refractivity contribution in [2.45, 2.75) is 42.7 Å². The van der Waals surface area contributed by atoms with Gasteiger partial charge in [0.2, 0.25) is 5.16 Å². The fraction of sp³-hybridized carbons (Fsp3) is 0.400. The Balaban J connectivity index is 1.54. The van der Waals surface area contributed by atoms with Crippen molar-refractivity contribution in [3.63, 3.8) is 0 Å². The van der Waals surface area contributed by atoms with E-state index in [9.17, 15) is 4.79 Å². The van der Waals surface area contributed by atoms with Crippen molar-refractivity contribution in [3.8, 4) is 5.75 Å². The zero-order chi connectivity index (χ0) is 15.4. The number of carbonyl (C=O) groups is 1. The fourth-order valence-electron chi connectivity index (χ4n) is 2.28. The normalized spacial score (nSPS) is 18.4. The second kappa shape index (κ2) is 7.15. The summed E-state index contributed by atoms with van der Waals surface area (Å²) in [5.74, 6) is 1.66. The summed E-state index contributed by atoms with van der Waals surface area (Å²) in [6, 6.07) is 7.14. The first-order chi connectivity index (χ1) is 10.7. The molecule has 1 saturated carbocycles. The van der Waals surface area contributed by atoms with Crippen LogP contribution in [0.15, 0.2) is 29.4 Å². The number of carbonyl (C=O) groups excluding carboxylic acids is 1. The van der Waals surface area contributed by atoms with Gasteiger partial charge in [-0.05, 0) is 37.1 Å². The molecule has 1 aliphatic rings. The lowest BCUT2D eigenvalue weighted by Crippen LogP contribution is -2.21. The standard InChI is InChI=1S/C15H16ClN3O2S/c16-10-5-7-11(8-6-10)21-9-14-17-15(19-18-14)22-13-4-2-1-3-12(13)20/h5-8,13H,1-4,9H2,(H,17,18,19). The SMILES string of the molecule is O=C1CCCCC1Sc1n[nH]c(COc2ccc(Cl)cc2)n1. The van der Waals surface area contributed by atoms with Crippen molar-refractivity contribution >= 4 is 29.1 Å². The molecule has 0 amide bonds. The number of benzene rings is 1. The highest BCUT2D eigenvalue weighted by Crippen LogP contribution is 2.29. The lowest BCUT2D eigenvalue weighted by molar-refractivity contribution is -0.119. The van der Waals surface area contributed by atoms with E-state index in [1.54, 1.807) is 24.3 Å². The van der Waals surface area contributed by atoms with Crippen LogP contribution in [0.1, 0.15) is 31.5 Å². The highest BCUT2D eigenvalue weighted by atomic mass is 35.5. The van der Waals surface area contributed by atoms with E-state index in [0.717, 1.165) is 25.0 Å². The van der Waals surface area contributed by atoms with E-state index in [0.29, 0.717) is 34.8 Å². The number of ketones is 1. The molecule has 3 rings (SSSR count). The van der Waals surface area contributed by atoms with Crippen molar-refractivity contribution < 1.29 is 9.53 Å². The van der Waals surface area contributed by atoms with Gasteiger partial charge in [-0.3, -0.25) is 9.89 Å². The monoisotopic (exact) mass is 337 g/mol. The van der Waals surface area contributed by atoms with Gasteiger partial charge in [-0.2, -0.15) is 0 Å². The summed E-state index contributed by atoms with van der Waals surface area (Å²) in [5, 5.41) is 8.26. The zero-order valence-corrected chi connectivity index (χ0v) is 13.5. The summed E-state index contributed by atoms with van der Waals surface area (Å²) in [6.45, 7) is 0.299. The van der Waals surface area contributed by atoms with Crippen LogP contribution in [-0.4, -0.2) is 26.2 Å². The molecule has 0 bridgehead atoms. The third-order valence-corrected chi connectivity index (χ3v) is 4.88. The van der Waals surface area contributed by atoms with Crippen LogP contribution in [0.5, 0.6) is 5.75 Å². The first-order valence-electron chi connectivity index (χ1n) is 7.20. The summed E-state index contributed by atoms with van der Waals surface area (Å²) in [6.07, 6.45) is 3.69. The molecule has 1 aromatic carbocycles. The van der Waals surface area contributed by atoms with E-state index in [4.69, 9.17) is 16.3 Å². The van der Waals surface area contributed by atoms with Gasteiger partial charge in [-0.25, -0.2) is 4.98 Å². The minimum Gasteiger partial charge on any atom is -0.486 e. The highest BCUT2D eigenvalue weighted by molar-refractivity contribution is 8.00. The summed E-state index contributed by atoms with van der Waals surface area (Å²) in [4.78, 5) is 16.2. The summed E-state index contributed by atoms with van der Waals surface area (Å²) >= 11 is 7.26. The minimum absolute atomic E-state index is 0.00502. The second-order valence-corrected chi connectivity index (χ2v) is 6.73. The van der Waals surface area contributed by atoms with E-state index in [-0.39, 0.29) is 5.25 Å². The van der Waals surface area contributed by atoms with Gasteiger partial charge < -0.3 is 4.74 Å². The van der Waals surface area contributed by atoms with Gasteiger partial charge in [0.15, 0.2) is 5.82 Å². The Morgan fingerprint density at radius 3 is 2.91 bits per heavy atom. The van der Waals surface area contributed by atoms with Gasteiger partial charge >= 0.3 is 0 Å². The van der Waals surface area contributed by atoms with Crippen LogP contribution in [0.2, 0.25) is 5.02 Å². The molecule has 0 aliphatic heterocycles. The van der Waals surface area contributed by atoms with Crippen LogP contribution in [0.25, 0.3) is 0 Å². The molecule has 1 fully saturated rings. The Labute approximate surface area is 137 Å². The molecule has 22 heavy (non-hydrogen) atoms. The Morgan fingerprint density at radius 2 is 2.14 bits per heavy atom. The van der Waals surface area contributed by atoms with Crippen molar-refractivity contribution in [3.05, 3.63) is 35.1 Å². The number of hydrogen-bond acceptors (Lipinski definition) is 5. The molecular weight excluding hydrogens is 322 g/mol. The molecule has 1 N–H and O–H groups in total. The molecule has 1 unspecified atom stereocenters. The molecule has 1 atom stereocenters. The minimum atomic E-state index is -0.00502. The van der Waals surface area contributed by atoms with E-state index in [2.05, 4.69) is 15.2 Å². The maximum atomic E-state index is 11.8. The zero-order valence-electron chi connectivity index (χ0n) is 11.9. The molecule has 5 nitrogen and oxygen atoms in total. The molecule has 0 spiro atoms. The number of ether oxygens (including phenoxy) is 1. The number of halogens is 1. The maximum Gasteiger partial charge on any atom is 0.209 e. The number of nitrogens with one attached hydrogen (secondary N) is 1. The van der Waals surface area contributed by atoms with Gasteiger partial charge in [-0.15, -0.1) is 5.10 Å². The molecule has 116 valence electrons. The predicted molar refractivity (Wildman–Crippen MR) is 85.3 cm³/mol. The van der Waals surface area contributed by atoms with Crippen molar-refractivity contribution in [2.75, 3.05) is 0 Å². The lowest BCUT2D eigenvalue weighted by Gasteiger charge is -2.17. The molecule has 2 aromatic rings. The first kappa shape index (κ1) is 15.4. The van der Waals surface area contributed by atoms with Crippen molar-refractivity contribution in [1.82, 2.24) is 15.2 Å². The van der Waals surface area contributed by atoms with Gasteiger partial charge in [0.1, 0.15) is 18.1 Å². The molecule has 0 radical (unpaired) electrons.